The van der Waals surface area contributed by atoms with E-state index in [1.54, 1.807) is 0 Å². The third-order valence-corrected chi connectivity index (χ3v) is 7.24. The van der Waals surface area contributed by atoms with Gasteiger partial charge in [-0.1, -0.05) is 37.6 Å². The van der Waals surface area contributed by atoms with Crippen LogP contribution < -0.4 is 5.32 Å². The van der Waals surface area contributed by atoms with E-state index in [2.05, 4.69) is 57.6 Å². The minimum Gasteiger partial charge on any atom is -0.352 e. The molecule has 2 fully saturated rings. The number of hydrogen-bond acceptors (Lipinski definition) is 4. The SMILES string of the molecule is C=Nc1[nH]cc(C)c1/C(=N\C)N1CC2CCC(C1)N2C(=O)[C@H](CNC(C)C)c1ccc(Cl)cc1. The fourth-order valence-corrected chi connectivity index (χ4v) is 5.46. The average molecular weight is 483 g/mol. The highest BCUT2D eigenvalue weighted by molar-refractivity contribution is 6.30. The number of amidine groups is 1. The lowest BCUT2D eigenvalue weighted by atomic mass is 9.95. The molecule has 1 aromatic carbocycles. The predicted molar refractivity (Wildman–Crippen MR) is 140 cm³/mol. The van der Waals surface area contributed by atoms with Gasteiger partial charge in [0.25, 0.3) is 0 Å². The maximum Gasteiger partial charge on any atom is 0.232 e. The largest absolute Gasteiger partial charge is 0.352 e. The van der Waals surface area contributed by atoms with E-state index in [0.717, 1.165) is 54.3 Å². The Morgan fingerprint density at radius 1 is 1.24 bits per heavy atom. The molecule has 2 aliphatic heterocycles. The minimum atomic E-state index is -0.239. The van der Waals surface area contributed by atoms with Gasteiger partial charge in [-0.15, -0.1) is 0 Å². The molecule has 3 heterocycles. The molecule has 182 valence electrons. The number of rotatable bonds is 7. The van der Waals surface area contributed by atoms with Crippen LogP contribution in [0.3, 0.4) is 0 Å². The van der Waals surface area contributed by atoms with Crippen LogP contribution in [-0.2, 0) is 4.79 Å². The predicted octanol–water partition coefficient (Wildman–Crippen LogP) is 4.14. The number of likely N-dealkylation sites (tertiary alicyclic amines) is 1. The van der Waals surface area contributed by atoms with E-state index in [0.29, 0.717) is 17.6 Å². The number of benzene rings is 1. The van der Waals surface area contributed by atoms with Crippen LogP contribution in [-0.4, -0.2) is 78.1 Å². The van der Waals surface area contributed by atoms with Gasteiger partial charge in [0.1, 0.15) is 11.7 Å². The number of piperazine rings is 1. The zero-order chi connectivity index (χ0) is 24.4. The quantitative estimate of drug-likeness (QED) is 0.460. The van der Waals surface area contributed by atoms with Crippen molar-refractivity contribution in [2.45, 2.75) is 57.7 Å². The molecule has 1 amide bonds. The molecule has 1 aromatic heterocycles. The fraction of sp³-hybridized carbons (Fsp3) is 0.500. The van der Waals surface area contributed by atoms with Crippen LogP contribution in [0.1, 0.15) is 49.3 Å². The van der Waals surface area contributed by atoms with Gasteiger partial charge in [0, 0.05) is 56.0 Å². The van der Waals surface area contributed by atoms with E-state index in [-0.39, 0.29) is 23.9 Å². The smallest absolute Gasteiger partial charge is 0.232 e. The lowest BCUT2D eigenvalue weighted by Gasteiger charge is -2.43. The average Bonchev–Trinajstić information content (AvgIpc) is 3.31. The number of nitrogens with one attached hydrogen (secondary N) is 2. The summed E-state index contributed by atoms with van der Waals surface area (Å²) in [6.07, 6.45) is 3.96. The van der Waals surface area contributed by atoms with E-state index in [9.17, 15) is 4.79 Å². The van der Waals surface area contributed by atoms with E-state index < -0.39 is 0 Å². The van der Waals surface area contributed by atoms with Crippen LogP contribution in [0.2, 0.25) is 5.02 Å². The van der Waals surface area contributed by atoms with Crippen molar-refractivity contribution in [1.82, 2.24) is 20.1 Å². The van der Waals surface area contributed by atoms with Crippen LogP contribution in [0.25, 0.3) is 0 Å². The van der Waals surface area contributed by atoms with Gasteiger partial charge in [0.05, 0.1) is 11.5 Å². The normalized spacial score (nSPS) is 21.3. The molecule has 0 radical (unpaired) electrons. The number of aliphatic imine (C=N–C) groups is 2. The molecule has 2 aromatic rings. The standard InChI is InChI=1S/C26H35ClN6O/c1-16(2)30-13-22(18-6-8-19(27)9-7-18)26(34)33-20-10-11-21(33)15-32(14-20)25(29-5)23-17(3)12-31-24(23)28-4/h6-9,12,16,20-22,30-31H,4,10-11,13-15H2,1-3,5H3/b29-25+/t20?,21?,22-/m1/s1. The molecule has 2 N–H and O–H groups in total. The Hall–Kier alpha value is -2.64. The molecule has 7 nitrogen and oxygen atoms in total. The second kappa shape index (κ2) is 10.3. The van der Waals surface area contributed by atoms with Gasteiger partial charge >= 0.3 is 0 Å². The summed E-state index contributed by atoms with van der Waals surface area (Å²) in [5.41, 5.74) is 3.10. The van der Waals surface area contributed by atoms with Crippen molar-refractivity contribution in [1.29, 1.82) is 0 Å². The van der Waals surface area contributed by atoms with E-state index in [4.69, 9.17) is 11.6 Å². The first-order valence-electron chi connectivity index (χ1n) is 12.0. The lowest BCUT2D eigenvalue weighted by molar-refractivity contribution is -0.137. The number of carbonyl (C=O) groups is 1. The molecular formula is C26H35ClN6O. The first kappa shape index (κ1) is 24.5. The molecular weight excluding hydrogens is 448 g/mol. The minimum absolute atomic E-state index is 0.163. The van der Waals surface area contributed by atoms with Gasteiger partial charge in [-0.2, -0.15) is 0 Å². The van der Waals surface area contributed by atoms with Gasteiger partial charge in [-0.05, 0) is 49.7 Å². The lowest BCUT2D eigenvalue weighted by Crippen LogP contribution is -2.58. The van der Waals surface area contributed by atoms with Crippen molar-refractivity contribution in [3.8, 4) is 0 Å². The number of carbonyl (C=O) groups excluding carboxylic acids is 1. The van der Waals surface area contributed by atoms with E-state index in [1.165, 1.54) is 0 Å². The summed E-state index contributed by atoms with van der Waals surface area (Å²) >= 11 is 6.12. The summed E-state index contributed by atoms with van der Waals surface area (Å²) in [6, 6.07) is 8.32. The maximum atomic E-state index is 14.0. The van der Waals surface area contributed by atoms with Crippen LogP contribution in [0.4, 0.5) is 5.82 Å². The summed E-state index contributed by atoms with van der Waals surface area (Å²) < 4.78 is 0. The van der Waals surface area contributed by atoms with Crippen LogP contribution in [0.15, 0.2) is 40.4 Å². The molecule has 4 rings (SSSR count). The summed E-state index contributed by atoms with van der Waals surface area (Å²) in [4.78, 5) is 30.4. The van der Waals surface area contributed by atoms with Crippen molar-refractivity contribution in [3.63, 3.8) is 0 Å². The molecule has 8 heteroatoms. The van der Waals surface area contributed by atoms with Crippen LogP contribution in [0.5, 0.6) is 0 Å². The van der Waals surface area contributed by atoms with Crippen LogP contribution >= 0.6 is 11.6 Å². The monoisotopic (exact) mass is 482 g/mol. The third-order valence-electron chi connectivity index (χ3n) is 6.99. The van der Waals surface area contributed by atoms with Gasteiger partial charge in [-0.3, -0.25) is 9.79 Å². The molecule has 0 spiro atoms. The van der Waals surface area contributed by atoms with Crippen molar-refractivity contribution >= 4 is 35.9 Å². The maximum absolute atomic E-state index is 14.0. The summed E-state index contributed by atoms with van der Waals surface area (Å²) in [7, 11) is 1.82. The molecule has 2 aliphatic rings. The van der Waals surface area contributed by atoms with Gasteiger partial charge in [0.15, 0.2) is 0 Å². The zero-order valence-electron chi connectivity index (χ0n) is 20.5. The number of fused-ring (bicyclic) bond motifs is 2. The highest BCUT2D eigenvalue weighted by Gasteiger charge is 2.45. The second-order valence-corrected chi connectivity index (χ2v) is 10.0. The zero-order valence-corrected chi connectivity index (χ0v) is 21.3. The first-order valence-corrected chi connectivity index (χ1v) is 12.4. The Kier molecular flexibility index (Phi) is 7.43. The summed E-state index contributed by atoms with van der Waals surface area (Å²) in [5, 5.41) is 4.15. The van der Waals surface area contributed by atoms with Crippen molar-refractivity contribution in [2.24, 2.45) is 9.98 Å². The van der Waals surface area contributed by atoms with E-state index in [1.807, 2.05) is 37.5 Å². The second-order valence-electron chi connectivity index (χ2n) is 9.60. The summed E-state index contributed by atoms with van der Waals surface area (Å²) in [5.74, 6) is 1.62. The molecule has 0 saturated carbocycles. The highest BCUT2D eigenvalue weighted by Crippen LogP contribution is 2.35. The highest BCUT2D eigenvalue weighted by atomic mass is 35.5. The van der Waals surface area contributed by atoms with Crippen molar-refractivity contribution in [2.75, 3.05) is 26.7 Å². The number of halogens is 1. The number of amides is 1. The van der Waals surface area contributed by atoms with Crippen molar-refractivity contribution < 1.29 is 4.79 Å². The molecule has 3 atom stereocenters. The van der Waals surface area contributed by atoms with E-state index >= 15 is 0 Å². The summed E-state index contributed by atoms with van der Waals surface area (Å²) in [6.45, 7) is 12.1. The third kappa shape index (κ3) is 4.77. The molecule has 2 unspecified atom stereocenters. The fourth-order valence-electron chi connectivity index (χ4n) is 5.34. The Morgan fingerprint density at radius 2 is 1.88 bits per heavy atom. The topological polar surface area (TPSA) is 76.1 Å². The van der Waals surface area contributed by atoms with Gasteiger partial charge in [0.2, 0.25) is 5.91 Å². The molecule has 0 aliphatic carbocycles. The Morgan fingerprint density at radius 3 is 2.44 bits per heavy atom. The van der Waals surface area contributed by atoms with Gasteiger partial charge in [-0.25, -0.2) is 4.99 Å². The number of aromatic nitrogens is 1. The Labute approximate surface area is 207 Å². The molecule has 34 heavy (non-hydrogen) atoms. The van der Waals surface area contributed by atoms with Crippen molar-refractivity contribution in [3.05, 3.63) is 52.2 Å². The van der Waals surface area contributed by atoms with Gasteiger partial charge < -0.3 is 20.1 Å². The number of H-pyrrole nitrogens is 1. The number of aromatic amines is 1. The number of hydrogen-bond donors (Lipinski definition) is 2. The first-order chi connectivity index (χ1) is 16.3. The number of aryl methyl sites for hydroxylation is 1. The van der Waals surface area contributed by atoms with Crippen LogP contribution in [0, 0.1) is 6.92 Å². The number of nitrogens with zero attached hydrogens (tertiary/aromatic N) is 4. The molecule has 2 bridgehead atoms. The Bertz CT molecular complexity index is 1050. The Balaban J connectivity index is 1.57. The molecule has 2 saturated heterocycles.